The molecule has 136 valence electrons. The third-order valence-electron chi connectivity index (χ3n) is 4.83. The van der Waals surface area contributed by atoms with E-state index in [1.807, 2.05) is 50.2 Å². The number of rotatable bonds is 5. The third-order valence-corrected chi connectivity index (χ3v) is 4.83. The smallest absolute Gasteiger partial charge is 0.292 e. The molecule has 26 heavy (non-hydrogen) atoms. The summed E-state index contributed by atoms with van der Waals surface area (Å²) >= 11 is 0. The van der Waals surface area contributed by atoms with Gasteiger partial charge >= 0.3 is 0 Å². The lowest BCUT2D eigenvalue weighted by Crippen LogP contribution is -2.41. The summed E-state index contributed by atoms with van der Waals surface area (Å²) in [6.07, 6.45) is 0.726. The van der Waals surface area contributed by atoms with Crippen LogP contribution in [0.15, 0.2) is 42.5 Å². The van der Waals surface area contributed by atoms with Crippen LogP contribution in [-0.4, -0.2) is 32.3 Å². The van der Waals surface area contributed by atoms with Crippen molar-refractivity contribution in [3.63, 3.8) is 0 Å². The van der Waals surface area contributed by atoms with Crippen molar-refractivity contribution >= 4 is 11.6 Å². The Morgan fingerprint density at radius 2 is 1.85 bits per heavy atom. The number of carbonyl (C=O) groups is 1. The van der Waals surface area contributed by atoms with Gasteiger partial charge in [0.05, 0.1) is 25.5 Å². The summed E-state index contributed by atoms with van der Waals surface area (Å²) in [6, 6.07) is 13.8. The minimum absolute atomic E-state index is 0.126. The van der Waals surface area contributed by atoms with E-state index in [9.17, 15) is 4.79 Å². The molecule has 1 amide bonds. The van der Waals surface area contributed by atoms with E-state index in [1.54, 1.807) is 4.90 Å². The van der Waals surface area contributed by atoms with Gasteiger partial charge in [0.15, 0.2) is 0 Å². The van der Waals surface area contributed by atoms with E-state index in [-0.39, 0.29) is 5.91 Å². The first kappa shape index (κ1) is 17.1. The van der Waals surface area contributed by atoms with E-state index in [4.69, 9.17) is 14.2 Å². The zero-order chi connectivity index (χ0) is 18.1. The van der Waals surface area contributed by atoms with Crippen LogP contribution in [-0.2, 0) is 20.1 Å². The molecule has 1 saturated heterocycles. The molecule has 2 aromatic carbocycles. The minimum Gasteiger partial charge on any atom is -0.494 e. The standard InChI is InChI=1S/C21H23NO4/c1-15-13-16(2)19-18(14-15)21(25-11-12-26-21)20(23)22(19)9-6-10-24-17-7-4-3-5-8-17/h3-5,7-8,13-14H,6,9-12H2,1-2H3. The van der Waals surface area contributed by atoms with E-state index in [0.717, 1.165) is 34.5 Å². The second-order valence-electron chi connectivity index (χ2n) is 6.76. The number of carbonyl (C=O) groups excluding carboxylic acids is 1. The molecular weight excluding hydrogens is 330 g/mol. The first-order valence-electron chi connectivity index (χ1n) is 9.01. The Bertz CT molecular complexity index is 812. The highest BCUT2D eigenvalue weighted by Gasteiger charge is 2.56. The molecular formula is C21H23NO4. The largest absolute Gasteiger partial charge is 0.494 e. The lowest BCUT2D eigenvalue weighted by molar-refractivity contribution is -0.180. The summed E-state index contributed by atoms with van der Waals surface area (Å²) in [7, 11) is 0. The Balaban J connectivity index is 1.53. The van der Waals surface area contributed by atoms with Crippen molar-refractivity contribution in [3.8, 4) is 5.75 Å². The van der Waals surface area contributed by atoms with E-state index in [1.165, 1.54) is 0 Å². The fourth-order valence-electron chi connectivity index (χ4n) is 3.80. The molecule has 0 aliphatic carbocycles. The minimum atomic E-state index is -1.26. The number of nitrogens with zero attached hydrogens (tertiary/aromatic N) is 1. The molecule has 2 aliphatic heterocycles. The number of hydrogen-bond donors (Lipinski definition) is 0. The first-order valence-corrected chi connectivity index (χ1v) is 9.01. The summed E-state index contributed by atoms with van der Waals surface area (Å²) in [4.78, 5) is 14.9. The first-order chi connectivity index (χ1) is 12.6. The van der Waals surface area contributed by atoms with Crippen LogP contribution in [0, 0.1) is 13.8 Å². The summed E-state index contributed by atoms with van der Waals surface area (Å²) in [5.74, 6) is -0.545. The molecule has 5 heteroatoms. The maximum atomic E-state index is 13.1. The molecule has 2 aliphatic rings. The van der Waals surface area contributed by atoms with Gasteiger partial charge in [0.2, 0.25) is 0 Å². The zero-order valence-corrected chi connectivity index (χ0v) is 15.2. The SMILES string of the molecule is Cc1cc(C)c2c(c1)C1(OCCO1)C(=O)N2CCCOc1ccccc1. The normalized spacial score (nSPS) is 17.8. The van der Waals surface area contributed by atoms with Gasteiger partial charge in [0, 0.05) is 12.1 Å². The highest BCUT2D eigenvalue weighted by molar-refractivity contribution is 6.07. The Kier molecular flexibility index (Phi) is 4.42. The van der Waals surface area contributed by atoms with Gasteiger partial charge in [-0.15, -0.1) is 0 Å². The van der Waals surface area contributed by atoms with Gasteiger partial charge in [-0.25, -0.2) is 0 Å². The molecule has 2 aromatic rings. The number of ether oxygens (including phenoxy) is 3. The number of fused-ring (bicyclic) bond motifs is 2. The fraction of sp³-hybridized carbons (Fsp3) is 0.381. The number of anilines is 1. The van der Waals surface area contributed by atoms with Crippen LogP contribution in [0.1, 0.15) is 23.1 Å². The average molecular weight is 353 g/mol. The third kappa shape index (κ3) is 2.77. The molecule has 0 atom stereocenters. The van der Waals surface area contributed by atoms with Crippen LogP contribution in [0.25, 0.3) is 0 Å². The number of amides is 1. The predicted molar refractivity (Wildman–Crippen MR) is 98.4 cm³/mol. The van der Waals surface area contributed by atoms with Gasteiger partial charge in [-0.1, -0.05) is 29.8 Å². The lowest BCUT2D eigenvalue weighted by Gasteiger charge is -2.22. The van der Waals surface area contributed by atoms with Crippen molar-refractivity contribution in [1.29, 1.82) is 0 Å². The average Bonchev–Trinajstić information content (AvgIpc) is 3.21. The summed E-state index contributed by atoms with van der Waals surface area (Å²) in [5, 5.41) is 0. The second kappa shape index (κ2) is 6.74. The highest BCUT2D eigenvalue weighted by atomic mass is 16.7. The van der Waals surface area contributed by atoms with E-state index >= 15 is 0 Å². The molecule has 5 nitrogen and oxygen atoms in total. The second-order valence-corrected chi connectivity index (χ2v) is 6.76. The van der Waals surface area contributed by atoms with Gasteiger partial charge in [-0.2, -0.15) is 0 Å². The monoisotopic (exact) mass is 353 g/mol. The summed E-state index contributed by atoms with van der Waals surface area (Å²) < 4.78 is 17.4. The van der Waals surface area contributed by atoms with Crippen molar-refractivity contribution < 1.29 is 19.0 Å². The molecule has 0 unspecified atom stereocenters. The molecule has 1 spiro atoms. The van der Waals surface area contributed by atoms with E-state index in [2.05, 4.69) is 6.07 Å². The molecule has 0 saturated carbocycles. The molecule has 1 fully saturated rings. The highest BCUT2D eigenvalue weighted by Crippen LogP contribution is 2.47. The molecule has 0 N–H and O–H groups in total. The van der Waals surface area contributed by atoms with Crippen molar-refractivity contribution in [2.75, 3.05) is 31.3 Å². The van der Waals surface area contributed by atoms with Crippen LogP contribution >= 0.6 is 0 Å². The van der Waals surface area contributed by atoms with Crippen molar-refractivity contribution in [2.45, 2.75) is 26.1 Å². The van der Waals surface area contributed by atoms with Gasteiger partial charge in [0.25, 0.3) is 11.7 Å². The number of benzene rings is 2. The zero-order valence-electron chi connectivity index (χ0n) is 15.2. The van der Waals surface area contributed by atoms with Gasteiger partial charge in [0.1, 0.15) is 5.75 Å². The van der Waals surface area contributed by atoms with Crippen LogP contribution in [0.2, 0.25) is 0 Å². The Hall–Kier alpha value is -2.37. The topological polar surface area (TPSA) is 48.0 Å². The number of aryl methyl sites for hydroxylation is 2. The van der Waals surface area contributed by atoms with Crippen molar-refractivity contribution in [1.82, 2.24) is 0 Å². The van der Waals surface area contributed by atoms with E-state index < -0.39 is 5.79 Å². The lowest BCUT2D eigenvalue weighted by atomic mass is 10.0. The maximum absolute atomic E-state index is 13.1. The number of hydrogen-bond acceptors (Lipinski definition) is 4. The molecule has 0 radical (unpaired) electrons. The maximum Gasteiger partial charge on any atom is 0.292 e. The molecule has 0 aromatic heterocycles. The predicted octanol–water partition coefficient (Wildman–Crippen LogP) is 3.32. The van der Waals surface area contributed by atoms with Gasteiger partial charge in [-0.3, -0.25) is 4.79 Å². The molecule has 4 rings (SSSR count). The fourth-order valence-corrected chi connectivity index (χ4v) is 3.80. The van der Waals surface area contributed by atoms with Crippen molar-refractivity contribution in [2.24, 2.45) is 0 Å². The summed E-state index contributed by atoms with van der Waals surface area (Å²) in [5.41, 5.74) is 3.92. The Morgan fingerprint density at radius 1 is 1.12 bits per heavy atom. The van der Waals surface area contributed by atoms with Gasteiger partial charge < -0.3 is 19.1 Å². The molecule has 2 heterocycles. The van der Waals surface area contributed by atoms with Gasteiger partial charge in [-0.05, 0) is 44.0 Å². The van der Waals surface area contributed by atoms with Crippen LogP contribution < -0.4 is 9.64 Å². The van der Waals surface area contributed by atoms with Crippen molar-refractivity contribution in [3.05, 3.63) is 59.2 Å². The molecule has 0 bridgehead atoms. The van der Waals surface area contributed by atoms with Crippen LogP contribution in [0.4, 0.5) is 5.69 Å². The Morgan fingerprint density at radius 3 is 2.58 bits per heavy atom. The van der Waals surface area contributed by atoms with Crippen LogP contribution in [0.5, 0.6) is 5.75 Å². The van der Waals surface area contributed by atoms with E-state index in [0.29, 0.717) is 26.4 Å². The van der Waals surface area contributed by atoms with Crippen LogP contribution in [0.3, 0.4) is 0 Å². The number of para-hydroxylation sites is 1. The Labute approximate surface area is 153 Å². The quantitative estimate of drug-likeness (QED) is 0.774. The summed E-state index contributed by atoms with van der Waals surface area (Å²) in [6.45, 7) is 6.03.